The number of rotatable bonds is 5. The van der Waals surface area contributed by atoms with Gasteiger partial charge in [-0.15, -0.1) is 0 Å². The van der Waals surface area contributed by atoms with Crippen LogP contribution in [0.1, 0.15) is 32.1 Å². The van der Waals surface area contributed by atoms with Crippen molar-refractivity contribution in [3.63, 3.8) is 0 Å². The second-order valence-corrected chi connectivity index (χ2v) is 5.93. The zero-order chi connectivity index (χ0) is 15.1. The van der Waals surface area contributed by atoms with Crippen LogP contribution in [0.25, 0.3) is 0 Å². The fourth-order valence-corrected chi connectivity index (χ4v) is 2.80. The fourth-order valence-electron chi connectivity index (χ4n) is 2.41. The Morgan fingerprint density at radius 2 is 2.24 bits per heavy atom. The van der Waals surface area contributed by atoms with E-state index in [1.54, 1.807) is 19.2 Å². The summed E-state index contributed by atoms with van der Waals surface area (Å²) in [6.45, 7) is 0.848. The number of anilines is 1. The zero-order valence-corrected chi connectivity index (χ0v) is 13.8. The van der Waals surface area contributed by atoms with Crippen LogP contribution >= 0.6 is 23.8 Å². The Morgan fingerprint density at radius 1 is 1.38 bits per heavy atom. The number of methoxy groups -OCH3 is 1. The summed E-state index contributed by atoms with van der Waals surface area (Å²) in [6, 6.07) is 5.41. The van der Waals surface area contributed by atoms with Gasteiger partial charge in [0.1, 0.15) is 5.75 Å². The molecule has 2 N–H and O–H groups in total. The molecule has 5 heteroatoms. The van der Waals surface area contributed by atoms with Crippen LogP contribution in [0.3, 0.4) is 0 Å². The average molecular weight is 325 g/mol. The van der Waals surface area contributed by atoms with Crippen molar-refractivity contribution >= 4 is 34.6 Å². The number of hydrogen-bond donors (Lipinski definition) is 2. The van der Waals surface area contributed by atoms with Crippen LogP contribution in [0.2, 0.25) is 5.02 Å². The molecular weight excluding hydrogens is 304 g/mol. The standard InChI is InChI=1S/C16H21ClN2OS/c1-20-15-8-7-13(17)11-14(15)19-16(21)18-10-9-12-5-3-2-4-6-12/h5,7-8,11H,2-4,6,9-10H2,1H3,(H2,18,19,21). The van der Waals surface area contributed by atoms with Crippen LogP contribution in [-0.4, -0.2) is 18.8 Å². The average Bonchev–Trinajstić information content (AvgIpc) is 2.48. The maximum absolute atomic E-state index is 6.00. The highest BCUT2D eigenvalue weighted by atomic mass is 35.5. The smallest absolute Gasteiger partial charge is 0.170 e. The molecule has 1 aliphatic rings. The van der Waals surface area contributed by atoms with E-state index in [-0.39, 0.29) is 0 Å². The van der Waals surface area contributed by atoms with Crippen LogP contribution < -0.4 is 15.4 Å². The van der Waals surface area contributed by atoms with Crippen LogP contribution in [-0.2, 0) is 0 Å². The highest BCUT2D eigenvalue weighted by molar-refractivity contribution is 7.80. The van der Waals surface area contributed by atoms with E-state index < -0.39 is 0 Å². The Labute approximate surface area is 136 Å². The molecule has 0 amide bonds. The SMILES string of the molecule is COc1ccc(Cl)cc1NC(=S)NCCC1=CCCCC1. The van der Waals surface area contributed by atoms with Gasteiger partial charge in [0, 0.05) is 11.6 Å². The van der Waals surface area contributed by atoms with E-state index in [4.69, 9.17) is 28.6 Å². The molecule has 0 saturated heterocycles. The Kier molecular flexibility index (Phi) is 6.33. The van der Waals surface area contributed by atoms with Crippen molar-refractivity contribution in [3.05, 3.63) is 34.9 Å². The summed E-state index contributed by atoms with van der Waals surface area (Å²) in [5.41, 5.74) is 2.32. The maximum atomic E-state index is 6.00. The summed E-state index contributed by atoms with van der Waals surface area (Å²) in [5.74, 6) is 0.721. The van der Waals surface area contributed by atoms with Gasteiger partial charge >= 0.3 is 0 Å². The molecule has 0 saturated carbocycles. The molecule has 3 nitrogen and oxygen atoms in total. The minimum Gasteiger partial charge on any atom is -0.495 e. The fraction of sp³-hybridized carbons (Fsp3) is 0.438. The van der Waals surface area contributed by atoms with Gasteiger partial charge < -0.3 is 15.4 Å². The van der Waals surface area contributed by atoms with Gasteiger partial charge in [-0.3, -0.25) is 0 Å². The molecule has 0 aromatic heterocycles. The van der Waals surface area contributed by atoms with Crippen LogP contribution in [0.5, 0.6) is 5.75 Å². The Balaban J connectivity index is 1.81. The summed E-state index contributed by atoms with van der Waals surface area (Å²) >= 11 is 11.3. The summed E-state index contributed by atoms with van der Waals surface area (Å²) < 4.78 is 5.28. The molecule has 0 unspecified atom stereocenters. The number of benzene rings is 1. The first-order valence-corrected chi connectivity index (χ1v) is 8.04. The first kappa shape index (κ1) is 16.1. The molecule has 0 fully saturated rings. The third-order valence-electron chi connectivity index (χ3n) is 3.53. The highest BCUT2D eigenvalue weighted by Crippen LogP contribution is 2.27. The van der Waals surface area contributed by atoms with E-state index in [1.165, 1.54) is 31.3 Å². The molecule has 0 radical (unpaired) electrons. The second-order valence-electron chi connectivity index (χ2n) is 5.08. The van der Waals surface area contributed by atoms with Crippen molar-refractivity contribution in [2.75, 3.05) is 19.0 Å². The third-order valence-corrected chi connectivity index (χ3v) is 4.01. The summed E-state index contributed by atoms with van der Waals surface area (Å²) in [5, 5.41) is 7.60. The van der Waals surface area contributed by atoms with Crippen molar-refractivity contribution in [2.24, 2.45) is 0 Å². The first-order valence-electron chi connectivity index (χ1n) is 7.25. The van der Waals surface area contributed by atoms with Crippen molar-refractivity contribution in [1.82, 2.24) is 5.32 Å². The second kappa shape index (κ2) is 8.25. The Hall–Kier alpha value is -1.26. The van der Waals surface area contributed by atoms with Crippen molar-refractivity contribution in [1.29, 1.82) is 0 Å². The number of ether oxygens (including phenoxy) is 1. The number of hydrogen-bond acceptors (Lipinski definition) is 2. The largest absolute Gasteiger partial charge is 0.495 e. The topological polar surface area (TPSA) is 33.3 Å². The molecule has 114 valence electrons. The van der Waals surface area contributed by atoms with Crippen molar-refractivity contribution in [2.45, 2.75) is 32.1 Å². The molecule has 0 heterocycles. The first-order chi connectivity index (χ1) is 10.2. The Bertz CT molecular complexity index is 531. The quantitative estimate of drug-likeness (QED) is 0.616. The lowest BCUT2D eigenvalue weighted by molar-refractivity contribution is 0.417. The van der Waals surface area contributed by atoms with E-state index in [1.807, 2.05) is 6.07 Å². The highest BCUT2D eigenvalue weighted by Gasteiger charge is 2.07. The summed E-state index contributed by atoms with van der Waals surface area (Å²) in [4.78, 5) is 0. The van der Waals surface area contributed by atoms with E-state index in [2.05, 4.69) is 16.7 Å². The van der Waals surface area contributed by atoms with Crippen LogP contribution in [0.15, 0.2) is 29.8 Å². The lowest BCUT2D eigenvalue weighted by Crippen LogP contribution is -2.29. The summed E-state index contributed by atoms with van der Waals surface area (Å²) in [6.07, 6.45) is 8.50. The number of halogens is 1. The molecule has 0 spiro atoms. The van der Waals surface area contributed by atoms with E-state index in [0.29, 0.717) is 10.1 Å². The monoisotopic (exact) mass is 324 g/mol. The molecule has 2 rings (SSSR count). The minimum atomic E-state index is 0.590. The lowest BCUT2D eigenvalue weighted by Gasteiger charge is -2.15. The molecule has 1 aromatic rings. The lowest BCUT2D eigenvalue weighted by atomic mass is 9.97. The van der Waals surface area contributed by atoms with Gasteiger partial charge in [-0.1, -0.05) is 23.3 Å². The van der Waals surface area contributed by atoms with Gasteiger partial charge in [0.25, 0.3) is 0 Å². The van der Waals surface area contributed by atoms with E-state index in [9.17, 15) is 0 Å². The normalized spacial score (nSPS) is 14.3. The third kappa shape index (κ3) is 5.21. The van der Waals surface area contributed by atoms with Gasteiger partial charge in [0.15, 0.2) is 5.11 Å². The predicted octanol–water partition coefficient (Wildman–Crippen LogP) is 4.53. The molecule has 0 aliphatic heterocycles. The number of nitrogens with one attached hydrogen (secondary N) is 2. The molecule has 21 heavy (non-hydrogen) atoms. The van der Waals surface area contributed by atoms with Crippen molar-refractivity contribution in [3.8, 4) is 5.75 Å². The predicted molar refractivity (Wildman–Crippen MR) is 93.4 cm³/mol. The minimum absolute atomic E-state index is 0.590. The summed E-state index contributed by atoms with van der Waals surface area (Å²) in [7, 11) is 1.63. The van der Waals surface area contributed by atoms with Gasteiger partial charge in [-0.05, 0) is 62.5 Å². The van der Waals surface area contributed by atoms with Gasteiger partial charge in [-0.2, -0.15) is 0 Å². The van der Waals surface area contributed by atoms with Crippen LogP contribution in [0.4, 0.5) is 5.69 Å². The van der Waals surface area contributed by atoms with E-state index in [0.717, 1.165) is 24.4 Å². The number of allylic oxidation sites excluding steroid dienone is 1. The maximum Gasteiger partial charge on any atom is 0.170 e. The zero-order valence-electron chi connectivity index (χ0n) is 12.2. The molecule has 0 atom stereocenters. The van der Waals surface area contributed by atoms with Gasteiger partial charge in [0.05, 0.1) is 12.8 Å². The van der Waals surface area contributed by atoms with Crippen LogP contribution in [0, 0.1) is 0 Å². The van der Waals surface area contributed by atoms with Crippen molar-refractivity contribution < 1.29 is 4.74 Å². The molecule has 0 bridgehead atoms. The molecule has 1 aliphatic carbocycles. The number of thiocarbonyl (C=S) groups is 1. The Morgan fingerprint density at radius 3 is 2.95 bits per heavy atom. The van der Waals surface area contributed by atoms with Gasteiger partial charge in [-0.25, -0.2) is 0 Å². The molecular formula is C16H21ClN2OS. The molecule has 1 aromatic carbocycles. The van der Waals surface area contributed by atoms with E-state index >= 15 is 0 Å². The van der Waals surface area contributed by atoms with Gasteiger partial charge in [0.2, 0.25) is 0 Å².